The van der Waals surface area contributed by atoms with Gasteiger partial charge in [0.2, 0.25) is 0 Å². The van der Waals surface area contributed by atoms with Gasteiger partial charge in [0.25, 0.3) is 11.8 Å². The second-order valence-electron chi connectivity index (χ2n) is 6.48. The Morgan fingerprint density at radius 3 is 2.72 bits per heavy atom. The number of nitrogens with zero attached hydrogens (tertiary/aromatic N) is 3. The number of carbonyl (C=O) groups excluding carboxylic acids is 2. The van der Waals surface area contributed by atoms with Gasteiger partial charge in [-0.2, -0.15) is 18.3 Å². The van der Waals surface area contributed by atoms with Crippen molar-refractivity contribution in [3.63, 3.8) is 0 Å². The average molecular weight is 411 g/mol. The normalized spacial score (nSPS) is 17.0. The fraction of sp³-hybridized carbons (Fsp3) is 0.444. The van der Waals surface area contributed by atoms with Gasteiger partial charge in [-0.3, -0.25) is 14.6 Å². The summed E-state index contributed by atoms with van der Waals surface area (Å²) in [7, 11) is 0. The number of anilines is 1. The van der Waals surface area contributed by atoms with E-state index in [1.54, 1.807) is 12.1 Å². The topological polar surface area (TPSA) is 98.1 Å². The molecule has 0 saturated carbocycles. The molecule has 2 amide bonds. The first-order chi connectivity index (χ1) is 13.8. The molecule has 3 rings (SSSR count). The van der Waals surface area contributed by atoms with Gasteiger partial charge < -0.3 is 15.4 Å². The van der Waals surface area contributed by atoms with Crippen molar-refractivity contribution in [3.8, 4) is 0 Å². The molecule has 8 nitrogen and oxygen atoms in total. The predicted molar refractivity (Wildman–Crippen MR) is 96.3 cm³/mol. The molecule has 1 saturated heterocycles. The van der Waals surface area contributed by atoms with Gasteiger partial charge in [0.05, 0.1) is 18.3 Å². The third kappa shape index (κ3) is 5.76. The number of ether oxygens (including phenoxy) is 1. The van der Waals surface area contributed by atoms with Crippen LogP contribution in [0, 0.1) is 0 Å². The fourth-order valence-electron chi connectivity index (χ4n) is 2.82. The van der Waals surface area contributed by atoms with E-state index in [9.17, 15) is 22.8 Å². The molecule has 1 aliphatic rings. The first-order valence-electron chi connectivity index (χ1n) is 9.11. The largest absolute Gasteiger partial charge is 0.390 e. The smallest absolute Gasteiger partial charge is 0.357 e. The molecule has 0 spiro atoms. The fourth-order valence-corrected chi connectivity index (χ4v) is 2.82. The molecule has 2 aromatic rings. The monoisotopic (exact) mass is 411 g/mol. The van der Waals surface area contributed by atoms with Crippen LogP contribution in [-0.2, 0) is 4.74 Å². The first-order valence-corrected chi connectivity index (χ1v) is 9.11. The third-order valence-electron chi connectivity index (χ3n) is 4.24. The van der Waals surface area contributed by atoms with Crippen LogP contribution in [0.15, 0.2) is 30.6 Å². The van der Waals surface area contributed by atoms with Crippen LogP contribution in [0.2, 0.25) is 0 Å². The highest BCUT2D eigenvalue weighted by Gasteiger charge is 2.28. The van der Waals surface area contributed by atoms with Gasteiger partial charge in [0.1, 0.15) is 11.9 Å². The molecule has 156 valence electrons. The molecule has 0 bridgehead atoms. The summed E-state index contributed by atoms with van der Waals surface area (Å²) in [5.41, 5.74) is 0.00237. The Morgan fingerprint density at radius 2 is 2.07 bits per heavy atom. The summed E-state index contributed by atoms with van der Waals surface area (Å²) in [6, 6.07) is 4.77. The van der Waals surface area contributed by atoms with Gasteiger partial charge in [-0.1, -0.05) is 6.07 Å². The van der Waals surface area contributed by atoms with E-state index < -0.39 is 37.2 Å². The average Bonchev–Trinajstić information content (AvgIpc) is 3.12. The molecule has 11 heteroatoms. The van der Waals surface area contributed by atoms with E-state index in [1.807, 2.05) is 0 Å². The lowest BCUT2D eigenvalue weighted by atomic mass is 10.2. The number of amides is 2. The van der Waals surface area contributed by atoms with E-state index in [1.165, 1.54) is 23.1 Å². The molecular formula is C18H20F3N5O3. The van der Waals surface area contributed by atoms with Gasteiger partial charge >= 0.3 is 6.18 Å². The summed E-state index contributed by atoms with van der Waals surface area (Å²) in [6.07, 6.45) is -0.594. The second-order valence-corrected chi connectivity index (χ2v) is 6.48. The van der Waals surface area contributed by atoms with E-state index in [2.05, 4.69) is 20.7 Å². The summed E-state index contributed by atoms with van der Waals surface area (Å²) in [4.78, 5) is 28.7. The van der Waals surface area contributed by atoms with E-state index >= 15 is 0 Å². The van der Waals surface area contributed by atoms with Gasteiger partial charge in [0, 0.05) is 19.3 Å². The van der Waals surface area contributed by atoms with Crippen molar-refractivity contribution in [2.75, 3.05) is 18.5 Å². The molecule has 0 aromatic carbocycles. The number of nitrogens with one attached hydrogen (secondary N) is 2. The number of hydrogen-bond acceptors (Lipinski definition) is 5. The van der Waals surface area contributed by atoms with Crippen LogP contribution in [0.3, 0.4) is 0 Å². The number of rotatable bonds is 6. The molecule has 1 unspecified atom stereocenters. The van der Waals surface area contributed by atoms with Crippen molar-refractivity contribution in [2.24, 2.45) is 0 Å². The summed E-state index contributed by atoms with van der Waals surface area (Å²) >= 11 is 0. The van der Waals surface area contributed by atoms with E-state index in [0.717, 1.165) is 12.8 Å². The number of carbonyl (C=O) groups is 2. The van der Waals surface area contributed by atoms with Crippen LogP contribution in [0.5, 0.6) is 0 Å². The lowest BCUT2D eigenvalue weighted by molar-refractivity contribution is -0.133. The standard InChI is InChI=1S/C18H20F3N5O3/c19-18(20,21)7-9-23-17(28)15-13(24-16(27)12-5-1-3-8-22-12)11-26(25-15)14-6-2-4-10-29-14/h1,3,5,8,11,14H,2,4,6-7,9-10H2,(H,23,28)(H,24,27). The zero-order valence-electron chi connectivity index (χ0n) is 15.4. The van der Waals surface area contributed by atoms with Gasteiger partial charge in [0.15, 0.2) is 5.69 Å². The van der Waals surface area contributed by atoms with Gasteiger partial charge in [-0.25, -0.2) is 4.68 Å². The van der Waals surface area contributed by atoms with Crippen LogP contribution in [-0.4, -0.2) is 45.9 Å². The Labute approximate surface area is 164 Å². The van der Waals surface area contributed by atoms with Crippen LogP contribution < -0.4 is 10.6 Å². The Morgan fingerprint density at radius 1 is 1.24 bits per heavy atom. The van der Waals surface area contributed by atoms with Gasteiger partial charge in [-0.15, -0.1) is 0 Å². The van der Waals surface area contributed by atoms with E-state index in [-0.39, 0.29) is 17.1 Å². The Hall–Kier alpha value is -2.95. The molecule has 2 aromatic heterocycles. The molecule has 0 radical (unpaired) electrons. The van der Waals surface area contributed by atoms with Crippen LogP contribution in [0.4, 0.5) is 18.9 Å². The minimum Gasteiger partial charge on any atom is -0.357 e. The van der Waals surface area contributed by atoms with Crippen molar-refractivity contribution < 1.29 is 27.5 Å². The Bertz CT molecular complexity index is 848. The number of hydrogen-bond donors (Lipinski definition) is 2. The zero-order chi connectivity index (χ0) is 20.9. The Balaban J connectivity index is 1.79. The Kier molecular flexibility index (Phi) is 6.47. The quantitative estimate of drug-likeness (QED) is 0.762. The molecule has 29 heavy (non-hydrogen) atoms. The maximum absolute atomic E-state index is 12.4. The molecule has 0 aliphatic carbocycles. The SMILES string of the molecule is O=C(Nc1cn(C2CCCCO2)nc1C(=O)NCCC(F)(F)F)c1ccccn1. The maximum atomic E-state index is 12.4. The van der Waals surface area contributed by atoms with E-state index in [0.29, 0.717) is 13.0 Å². The number of aromatic nitrogens is 3. The summed E-state index contributed by atoms with van der Waals surface area (Å²) in [5.74, 6) is -1.39. The highest BCUT2D eigenvalue weighted by atomic mass is 19.4. The third-order valence-corrected chi connectivity index (χ3v) is 4.24. The number of halogens is 3. The molecule has 1 fully saturated rings. The number of alkyl halides is 3. The minimum atomic E-state index is -4.39. The molecule has 2 N–H and O–H groups in total. The highest BCUT2D eigenvalue weighted by Crippen LogP contribution is 2.25. The summed E-state index contributed by atoms with van der Waals surface area (Å²) in [6.45, 7) is -0.0595. The van der Waals surface area contributed by atoms with Crippen molar-refractivity contribution in [3.05, 3.63) is 42.0 Å². The predicted octanol–water partition coefficient (Wildman–Crippen LogP) is 2.91. The lowest BCUT2D eigenvalue weighted by Crippen LogP contribution is -2.29. The molecular weight excluding hydrogens is 391 g/mol. The first kappa shape index (κ1) is 20.8. The van der Waals surface area contributed by atoms with Crippen LogP contribution in [0.1, 0.15) is 52.9 Å². The second kappa shape index (κ2) is 9.03. The van der Waals surface area contributed by atoms with E-state index in [4.69, 9.17) is 4.74 Å². The molecule has 1 aliphatic heterocycles. The summed E-state index contributed by atoms with van der Waals surface area (Å²) < 4.78 is 44.1. The van der Waals surface area contributed by atoms with Crippen molar-refractivity contribution in [1.29, 1.82) is 0 Å². The zero-order valence-corrected chi connectivity index (χ0v) is 15.4. The van der Waals surface area contributed by atoms with Crippen molar-refractivity contribution in [2.45, 2.75) is 38.1 Å². The van der Waals surface area contributed by atoms with Crippen molar-refractivity contribution >= 4 is 17.5 Å². The maximum Gasteiger partial charge on any atom is 0.390 e. The molecule has 1 atom stereocenters. The van der Waals surface area contributed by atoms with Gasteiger partial charge in [-0.05, 0) is 31.4 Å². The lowest BCUT2D eigenvalue weighted by Gasteiger charge is -2.22. The number of pyridine rings is 1. The van der Waals surface area contributed by atoms with Crippen molar-refractivity contribution in [1.82, 2.24) is 20.1 Å². The summed E-state index contributed by atoms with van der Waals surface area (Å²) in [5, 5.41) is 8.89. The highest BCUT2D eigenvalue weighted by molar-refractivity contribution is 6.07. The minimum absolute atomic E-state index is 0.0688. The van der Waals surface area contributed by atoms with Crippen LogP contribution in [0.25, 0.3) is 0 Å². The molecule has 3 heterocycles. The van der Waals surface area contributed by atoms with Crippen LogP contribution >= 0.6 is 0 Å².